The maximum Gasteiger partial charge on any atom is 0.416 e. The van der Waals surface area contributed by atoms with Crippen molar-refractivity contribution in [3.8, 4) is 0 Å². The normalized spacial score (nSPS) is 15.0. The second-order valence-corrected chi connectivity index (χ2v) is 1.86. The van der Waals surface area contributed by atoms with Crippen LogP contribution in [-0.4, -0.2) is 42.3 Å². The van der Waals surface area contributed by atoms with Crippen molar-refractivity contribution < 1.29 is 28.1 Å². The van der Waals surface area contributed by atoms with Crippen molar-refractivity contribution in [1.82, 2.24) is 0 Å². The van der Waals surface area contributed by atoms with Gasteiger partial charge in [-0.25, -0.2) is 0 Å². The average molecular weight is 174 g/mol. The molecule has 1 unspecified atom stereocenters. The summed E-state index contributed by atoms with van der Waals surface area (Å²) in [5.74, 6) is 0. The highest BCUT2D eigenvalue weighted by Gasteiger charge is 2.38. The summed E-state index contributed by atoms with van der Waals surface area (Å²) in [5.41, 5.74) is 0. The first-order chi connectivity index (χ1) is 4.98. The van der Waals surface area contributed by atoms with E-state index in [1.54, 1.807) is 0 Å². The monoisotopic (exact) mass is 174 g/mol. The number of alkyl halides is 3. The Kier molecular flexibility index (Phi) is 4.39. The van der Waals surface area contributed by atoms with E-state index in [1.807, 2.05) is 0 Å². The van der Waals surface area contributed by atoms with Gasteiger partial charge in [-0.05, 0) is 0 Å². The third-order valence-corrected chi connectivity index (χ3v) is 0.889. The minimum absolute atomic E-state index is 0.201. The lowest BCUT2D eigenvalue weighted by molar-refractivity contribution is -0.217. The average Bonchev–Trinajstić information content (AvgIpc) is 1.86. The number of halogens is 3. The Bertz CT molecular complexity index is 104. The largest absolute Gasteiger partial charge is 0.416 e. The quantitative estimate of drug-likeness (QED) is 0.586. The Labute approximate surface area is 61.4 Å². The van der Waals surface area contributed by atoms with Crippen LogP contribution in [0.5, 0.6) is 0 Å². The molecule has 0 bridgehead atoms. The van der Waals surface area contributed by atoms with Crippen LogP contribution in [0, 0.1) is 0 Å². The smallest absolute Gasteiger partial charge is 0.394 e. The molecule has 0 aromatic carbocycles. The van der Waals surface area contributed by atoms with Crippen LogP contribution in [0.3, 0.4) is 0 Å². The molecule has 2 N–H and O–H groups in total. The van der Waals surface area contributed by atoms with Gasteiger partial charge in [0.1, 0.15) is 0 Å². The first-order valence-corrected chi connectivity index (χ1v) is 2.92. The Morgan fingerprint density at radius 1 is 1.36 bits per heavy atom. The van der Waals surface area contributed by atoms with E-state index in [1.165, 1.54) is 0 Å². The molecule has 0 spiro atoms. The first-order valence-electron chi connectivity index (χ1n) is 2.92. The minimum atomic E-state index is -4.64. The van der Waals surface area contributed by atoms with E-state index in [9.17, 15) is 13.2 Å². The molecule has 1 atom stereocenters. The van der Waals surface area contributed by atoms with Gasteiger partial charge in [-0.2, -0.15) is 13.2 Å². The highest BCUT2D eigenvalue weighted by atomic mass is 19.4. The molecule has 0 amide bonds. The summed E-state index contributed by atoms with van der Waals surface area (Å²) in [6.45, 7) is -1.39. The van der Waals surface area contributed by atoms with Gasteiger partial charge >= 0.3 is 6.18 Å². The summed E-state index contributed by atoms with van der Waals surface area (Å²) in [4.78, 5) is 0. The van der Waals surface area contributed by atoms with Crippen LogP contribution < -0.4 is 0 Å². The van der Waals surface area contributed by atoms with Crippen LogP contribution in [-0.2, 0) is 4.74 Å². The zero-order valence-corrected chi connectivity index (χ0v) is 5.64. The van der Waals surface area contributed by atoms with E-state index >= 15 is 0 Å². The van der Waals surface area contributed by atoms with Crippen molar-refractivity contribution >= 4 is 0 Å². The van der Waals surface area contributed by atoms with Crippen LogP contribution in [0.2, 0.25) is 0 Å². The van der Waals surface area contributed by atoms with Crippen LogP contribution in [0.4, 0.5) is 13.2 Å². The Hall–Kier alpha value is -0.330. The molecule has 0 aromatic heterocycles. The summed E-state index contributed by atoms with van der Waals surface area (Å²) in [6.07, 6.45) is -7.11. The number of hydrogen-bond donors (Lipinski definition) is 2. The number of hydrogen-bond acceptors (Lipinski definition) is 3. The van der Waals surface area contributed by atoms with Crippen molar-refractivity contribution in [2.24, 2.45) is 0 Å². The summed E-state index contributed by atoms with van der Waals surface area (Å²) >= 11 is 0. The van der Waals surface area contributed by atoms with Gasteiger partial charge in [-0.15, -0.1) is 0 Å². The van der Waals surface area contributed by atoms with Crippen molar-refractivity contribution in [2.45, 2.75) is 12.3 Å². The lowest BCUT2D eigenvalue weighted by Crippen LogP contribution is -2.33. The van der Waals surface area contributed by atoms with Crippen molar-refractivity contribution in [3.05, 3.63) is 0 Å². The molecule has 0 rings (SSSR count). The fourth-order valence-corrected chi connectivity index (χ4v) is 0.354. The fourth-order valence-electron chi connectivity index (χ4n) is 0.354. The van der Waals surface area contributed by atoms with E-state index in [4.69, 9.17) is 10.2 Å². The van der Waals surface area contributed by atoms with Crippen LogP contribution in [0.15, 0.2) is 0 Å². The molecule has 68 valence electrons. The topological polar surface area (TPSA) is 49.7 Å². The predicted octanol–water partition coefficient (Wildman–Crippen LogP) is -0.0815. The molecule has 11 heavy (non-hydrogen) atoms. The SMILES string of the molecule is OCCOCC(O)C(F)(F)F. The molecule has 6 heteroatoms. The number of aliphatic hydroxyl groups is 2. The molecule has 0 saturated carbocycles. The maximum absolute atomic E-state index is 11.5. The highest BCUT2D eigenvalue weighted by Crippen LogP contribution is 2.19. The molecular weight excluding hydrogens is 165 g/mol. The number of aliphatic hydroxyl groups excluding tert-OH is 2. The third kappa shape index (κ3) is 5.00. The zero-order chi connectivity index (χ0) is 8.91. The first kappa shape index (κ1) is 10.7. The van der Waals surface area contributed by atoms with E-state index in [0.717, 1.165) is 0 Å². The van der Waals surface area contributed by atoms with E-state index in [0.29, 0.717) is 0 Å². The fraction of sp³-hybridized carbons (Fsp3) is 1.00. The van der Waals surface area contributed by atoms with E-state index < -0.39 is 18.9 Å². The summed E-state index contributed by atoms with van der Waals surface area (Å²) in [6, 6.07) is 0. The second-order valence-electron chi connectivity index (χ2n) is 1.86. The zero-order valence-electron chi connectivity index (χ0n) is 5.64. The summed E-state index contributed by atoms with van der Waals surface area (Å²) < 4.78 is 38.7. The van der Waals surface area contributed by atoms with Gasteiger partial charge in [0.15, 0.2) is 6.10 Å². The molecule has 0 heterocycles. The third-order valence-electron chi connectivity index (χ3n) is 0.889. The molecule has 0 aliphatic carbocycles. The molecule has 0 aliphatic rings. The van der Waals surface area contributed by atoms with Crippen LogP contribution >= 0.6 is 0 Å². The number of rotatable bonds is 4. The molecule has 0 fully saturated rings. The predicted molar refractivity (Wildman–Crippen MR) is 30.0 cm³/mol. The lowest BCUT2D eigenvalue weighted by Gasteiger charge is -2.13. The van der Waals surface area contributed by atoms with Gasteiger partial charge in [0.05, 0.1) is 19.8 Å². The Morgan fingerprint density at radius 3 is 2.27 bits per heavy atom. The van der Waals surface area contributed by atoms with Crippen LogP contribution in [0.25, 0.3) is 0 Å². The van der Waals surface area contributed by atoms with Gasteiger partial charge in [0, 0.05) is 0 Å². The standard InChI is InChI=1S/C5H9F3O3/c6-5(7,8)4(10)3-11-2-1-9/h4,9-10H,1-3H2. The van der Waals surface area contributed by atoms with Crippen LogP contribution in [0.1, 0.15) is 0 Å². The van der Waals surface area contributed by atoms with Crippen molar-refractivity contribution in [2.75, 3.05) is 19.8 Å². The molecular formula is C5H9F3O3. The molecule has 3 nitrogen and oxygen atoms in total. The molecule has 0 saturated heterocycles. The molecule has 0 aliphatic heterocycles. The van der Waals surface area contributed by atoms with E-state index in [2.05, 4.69) is 4.74 Å². The van der Waals surface area contributed by atoms with Crippen molar-refractivity contribution in [1.29, 1.82) is 0 Å². The van der Waals surface area contributed by atoms with Gasteiger partial charge in [-0.1, -0.05) is 0 Å². The van der Waals surface area contributed by atoms with E-state index in [-0.39, 0.29) is 13.2 Å². The Balaban J connectivity index is 3.44. The van der Waals surface area contributed by atoms with Gasteiger partial charge < -0.3 is 14.9 Å². The van der Waals surface area contributed by atoms with Crippen molar-refractivity contribution in [3.63, 3.8) is 0 Å². The molecule has 0 radical (unpaired) electrons. The lowest BCUT2D eigenvalue weighted by atomic mass is 10.4. The van der Waals surface area contributed by atoms with Gasteiger partial charge in [-0.3, -0.25) is 0 Å². The minimum Gasteiger partial charge on any atom is -0.394 e. The summed E-state index contributed by atoms with van der Waals surface area (Å²) in [5, 5.41) is 16.4. The van der Waals surface area contributed by atoms with Gasteiger partial charge in [0.25, 0.3) is 0 Å². The second kappa shape index (κ2) is 4.53. The maximum atomic E-state index is 11.5. The number of ether oxygens (including phenoxy) is 1. The molecule has 0 aromatic rings. The summed E-state index contributed by atoms with van der Waals surface area (Å²) in [7, 11) is 0. The highest BCUT2D eigenvalue weighted by molar-refractivity contribution is 4.63. The van der Waals surface area contributed by atoms with Gasteiger partial charge in [0.2, 0.25) is 0 Å². The Morgan fingerprint density at radius 2 is 1.91 bits per heavy atom.